The molecule has 0 bridgehead atoms. The number of esters is 1. The summed E-state index contributed by atoms with van der Waals surface area (Å²) in [5.74, 6) is -0.894. The van der Waals surface area contributed by atoms with Gasteiger partial charge in [-0.3, -0.25) is 4.79 Å². The molecule has 1 aliphatic rings. The molecule has 26 heavy (non-hydrogen) atoms. The fourth-order valence-electron chi connectivity index (χ4n) is 3.54. The highest BCUT2D eigenvalue weighted by Crippen LogP contribution is 2.38. The van der Waals surface area contributed by atoms with Crippen molar-refractivity contribution in [1.82, 2.24) is 0 Å². The number of carbonyl (C=O) groups is 1. The largest absolute Gasteiger partial charge is 0.460 e. The molecule has 1 aromatic rings. The van der Waals surface area contributed by atoms with Crippen LogP contribution in [0.3, 0.4) is 0 Å². The monoisotopic (exact) mass is 360 g/mol. The lowest BCUT2D eigenvalue weighted by atomic mass is 9.90. The van der Waals surface area contributed by atoms with Crippen LogP contribution in [0.5, 0.6) is 0 Å². The van der Waals surface area contributed by atoms with Crippen LogP contribution in [0.25, 0.3) is 0 Å². The second-order valence-corrected chi connectivity index (χ2v) is 7.53. The first-order chi connectivity index (χ1) is 12.4. The molecule has 144 valence electrons. The lowest BCUT2D eigenvalue weighted by Crippen LogP contribution is -2.33. The van der Waals surface area contributed by atoms with E-state index in [0.717, 1.165) is 37.7 Å². The predicted molar refractivity (Wildman–Crippen MR) is 103 cm³/mol. The summed E-state index contributed by atoms with van der Waals surface area (Å²) >= 11 is 0. The van der Waals surface area contributed by atoms with Crippen molar-refractivity contribution in [1.29, 1.82) is 0 Å². The van der Waals surface area contributed by atoms with E-state index in [1.54, 1.807) is 0 Å². The zero-order valence-corrected chi connectivity index (χ0v) is 16.5. The first-order valence-corrected chi connectivity index (χ1v) is 9.52. The van der Waals surface area contributed by atoms with E-state index in [0.29, 0.717) is 13.2 Å². The summed E-state index contributed by atoms with van der Waals surface area (Å²) in [5.41, 5.74) is 1.87. The first kappa shape index (κ1) is 20.7. The van der Waals surface area contributed by atoms with E-state index >= 15 is 0 Å². The summed E-state index contributed by atoms with van der Waals surface area (Å²) in [4.78, 5) is 11.6. The maximum absolute atomic E-state index is 11.6. The highest BCUT2D eigenvalue weighted by molar-refractivity contribution is 5.66. The molecular formula is C22H32O4. The molecule has 0 radical (unpaired) electrons. The van der Waals surface area contributed by atoms with Crippen LogP contribution in [0.4, 0.5) is 0 Å². The lowest BCUT2D eigenvalue weighted by molar-refractivity contribution is -0.175. The topological polar surface area (TPSA) is 44.8 Å². The minimum absolute atomic E-state index is 0.226. The number of allylic oxidation sites excluding steroid dienone is 2. The standard InChI is InChI=1S/C22H32O4/c1-18(2)10-8-13-21(4,26-19(3)23)14-9-15-22(24-16-17-25-22)20-11-6-5-7-12-20/h5-7,10-12H,8-9,13-17H2,1-4H3. The molecule has 1 aromatic carbocycles. The maximum Gasteiger partial charge on any atom is 0.303 e. The zero-order valence-electron chi connectivity index (χ0n) is 16.5. The average molecular weight is 360 g/mol. The molecule has 4 heteroatoms. The molecule has 0 aromatic heterocycles. The van der Waals surface area contributed by atoms with Gasteiger partial charge < -0.3 is 14.2 Å². The van der Waals surface area contributed by atoms with Crippen molar-refractivity contribution in [3.05, 3.63) is 47.5 Å². The van der Waals surface area contributed by atoms with Gasteiger partial charge in [0.1, 0.15) is 5.60 Å². The van der Waals surface area contributed by atoms with Crippen LogP contribution in [0, 0.1) is 0 Å². The summed E-state index contributed by atoms with van der Waals surface area (Å²) in [6.07, 6.45) is 6.30. The summed E-state index contributed by atoms with van der Waals surface area (Å²) in [6.45, 7) is 8.89. The fourth-order valence-corrected chi connectivity index (χ4v) is 3.54. The van der Waals surface area contributed by atoms with Gasteiger partial charge in [-0.25, -0.2) is 0 Å². The maximum atomic E-state index is 11.6. The van der Waals surface area contributed by atoms with Crippen LogP contribution in [0.2, 0.25) is 0 Å². The molecular weight excluding hydrogens is 328 g/mol. The quantitative estimate of drug-likeness (QED) is 0.453. The summed E-state index contributed by atoms with van der Waals surface area (Å²) < 4.78 is 17.7. The Balaban J connectivity index is 2.00. The van der Waals surface area contributed by atoms with E-state index in [1.807, 2.05) is 37.3 Å². The lowest BCUT2D eigenvalue weighted by Gasteiger charge is -2.32. The van der Waals surface area contributed by atoms with Gasteiger partial charge >= 0.3 is 5.97 Å². The number of ether oxygens (including phenoxy) is 3. The van der Waals surface area contributed by atoms with E-state index < -0.39 is 11.4 Å². The summed E-state index contributed by atoms with van der Waals surface area (Å²) in [6, 6.07) is 10.1. The van der Waals surface area contributed by atoms with Gasteiger partial charge in [0.2, 0.25) is 0 Å². The minimum Gasteiger partial charge on any atom is -0.460 e. The van der Waals surface area contributed by atoms with Gasteiger partial charge in [-0.1, -0.05) is 42.0 Å². The molecule has 0 saturated carbocycles. The minimum atomic E-state index is -0.668. The Morgan fingerprint density at radius 2 is 1.81 bits per heavy atom. The van der Waals surface area contributed by atoms with Crippen LogP contribution in [0.1, 0.15) is 65.4 Å². The van der Waals surface area contributed by atoms with Crippen molar-refractivity contribution < 1.29 is 19.0 Å². The molecule has 2 rings (SSSR count). The van der Waals surface area contributed by atoms with Gasteiger partial charge in [0.15, 0.2) is 5.79 Å². The number of hydrogen-bond donors (Lipinski definition) is 0. The van der Waals surface area contributed by atoms with Crippen molar-refractivity contribution in [2.45, 2.75) is 71.2 Å². The van der Waals surface area contributed by atoms with E-state index in [-0.39, 0.29) is 5.97 Å². The Bertz CT molecular complexity index is 598. The Morgan fingerprint density at radius 1 is 1.15 bits per heavy atom. The van der Waals surface area contributed by atoms with Crippen molar-refractivity contribution in [2.24, 2.45) is 0 Å². The van der Waals surface area contributed by atoms with Crippen LogP contribution >= 0.6 is 0 Å². The first-order valence-electron chi connectivity index (χ1n) is 9.52. The molecule has 1 fully saturated rings. The van der Waals surface area contributed by atoms with E-state index in [2.05, 4.69) is 19.9 Å². The Morgan fingerprint density at radius 3 is 2.38 bits per heavy atom. The van der Waals surface area contributed by atoms with Crippen LogP contribution < -0.4 is 0 Å². The second kappa shape index (κ2) is 9.33. The van der Waals surface area contributed by atoms with Crippen molar-refractivity contribution >= 4 is 5.97 Å². The fraction of sp³-hybridized carbons (Fsp3) is 0.591. The highest BCUT2D eigenvalue weighted by atomic mass is 16.7. The van der Waals surface area contributed by atoms with Crippen LogP contribution in [-0.4, -0.2) is 24.8 Å². The molecule has 4 nitrogen and oxygen atoms in total. The van der Waals surface area contributed by atoms with E-state index in [4.69, 9.17) is 14.2 Å². The van der Waals surface area contributed by atoms with Crippen LogP contribution in [0.15, 0.2) is 42.0 Å². The van der Waals surface area contributed by atoms with Crippen molar-refractivity contribution in [2.75, 3.05) is 13.2 Å². The smallest absolute Gasteiger partial charge is 0.303 e. The molecule has 1 saturated heterocycles. The number of rotatable bonds is 9. The Labute approximate surface area is 157 Å². The molecule has 1 atom stereocenters. The average Bonchev–Trinajstić information content (AvgIpc) is 3.04. The summed E-state index contributed by atoms with van der Waals surface area (Å²) in [5, 5.41) is 0. The third-order valence-corrected chi connectivity index (χ3v) is 4.79. The number of hydrogen-bond acceptors (Lipinski definition) is 4. The Hall–Kier alpha value is -1.65. The van der Waals surface area contributed by atoms with Gasteiger partial charge in [0.25, 0.3) is 0 Å². The Kier molecular flexibility index (Phi) is 7.42. The molecule has 0 aliphatic carbocycles. The van der Waals surface area contributed by atoms with Gasteiger partial charge in [-0.2, -0.15) is 0 Å². The highest BCUT2D eigenvalue weighted by Gasteiger charge is 2.39. The van der Waals surface area contributed by atoms with Gasteiger partial charge in [-0.15, -0.1) is 0 Å². The van der Waals surface area contributed by atoms with E-state index in [9.17, 15) is 4.79 Å². The zero-order chi connectivity index (χ0) is 19.0. The molecule has 1 heterocycles. The van der Waals surface area contributed by atoms with Gasteiger partial charge in [0, 0.05) is 18.9 Å². The molecule has 1 unspecified atom stereocenters. The molecule has 0 N–H and O–H groups in total. The second-order valence-electron chi connectivity index (χ2n) is 7.53. The van der Waals surface area contributed by atoms with Crippen molar-refractivity contribution in [3.8, 4) is 0 Å². The van der Waals surface area contributed by atoms with Gasteiger partial charge in [-0.05, 0) is 46.5 Å². The third-order valence-electron chi connectivity index (χ3n) is 4.79. The summed E-state index contributed by atoms with van der Waals surface area (Å²) in [7, 11) is 0. The SMILES string of the molecule is CC(=O)OC(C)(CCC=C(C)C)CCCC1(c2ccccc2)OCCO1. The number of benzene rings is 1. The van der Waals surface area contributed by atoms with Gasteiger partial charge in [0.05, 0.1) is 13.2 Å². The van der Waals surface area contributed by atoms with Crippen LogP contribution in [-0.2, 0) is 24.8 Å². The molecule has 0 spiro atoms. The molecule has 1 aliphatic heterocycles. The predicted octanol–water partition coefficient (Wildman–Crippen LogP) is 5.12. The number of carbonyl (C=O) groups excluding carboxylic acids is 1. The molecule has 0 amide bonds. The van der Waals surface area contributed by atoms with E-state index in [1.165, 1.54) is 12.5 Å². The third kappa shape index (κ3) is 5.96. The normalized spacial score (nSPS) is 18.2. The van der Waals surface area contributed by atoms with Crippen molar-refractivity contribution in [3.63, 3.8) is 0 Å².